The van der Waals surface area contributed by atoms with Crippen molar-refractivity contribution >= 4 is 28.2 Å². The number of aromatic nitrogens is 1. The van der Waals surface area contributed by atoms with Gasteiger partial charge in [0.05, 0.1) is 11.9 Å². The molecule has 1 N–H and O–H groups in total. The lowest BCUT2D eigenvalue weighted by molar-refractivity contribution is -0.150. The first-order chi connectivity index (χ1) is 13.7. The molecule has 0 radical (unpaired) electrons. The molecule has 1 saturated heterocycles. The first-order valence-electron chi connectivity index (χ1n) is 9.66. The van der Waals surface area contributed by atoms with Crippen molar-refractivity contribution in [2.45, 2.75) is 31.4 Å². The summed E-state index contributed by atoms with van der Waals surface area (Å²) in [6.45, 7) is 4.77. The Bertz CT molecular complexity index is 941. The number of pyridine rings is 1. The summed E-state index contributed by atoms with van der Waals surface area (Å²) < 4.78 is 6.08. The van der Waals surface area contributed by atoms with Crippen molar-refractivity contribution in [2.24, 2.45) is 5.92 Å². The number of hydrogen-bond acceptors (Lipinski definition) is 5. The lowest BCUT2D eigenvalue weighted by atomic mass is 9.88. The standard InChI is InChI=1S/C23H24N2O2S/c1-2-16-9-10-21(25-15-16)23(27-22(26)14-17-6-5-13-28-17)19-11-12-24-20-8-4-3-7-18(19)20/h2-8,11-13,16,21,23,25H,1,9-10,14-15H2. The number of carbonyl (C=O) groups is 1. The van der Waals surface area contributed by atoms with Gasteiger partial charge < -0.3 is 10.1 Å². The van der Waals surface area contributed by atoms with Crippen molar-refractivity contribution in [1.82, 2.24) is 10.3 Å². The normalized spacial score (nSPS) is 20.6. The number of benzene rings is 1. The molecule has 4 rings (SSSR count). The van der Waals surface area contributed by atoms with Gasteiger partial charge in [-0.2, -0.15) is 0 Å². The first-order valence-corrected chi connectivity index (χ1v) is 10.5. The fourth-order valence-electron chi connectivity index (χ4n) is 3.83. The number of thiophene rings is 1. The van der Waals surface area contributed by atoms with E-state index in [4.69, 9.17) is 4.74 Å². The summed E-state index contributed by atoms with van der Waals surface area (Å²) in [5.41, 5.74) is 1.93. The van der Waals surface area contributed by atoms with Gasteiger partial charge in [0.15, 0.2) is 0 Å². The van der Waals surface area contributed by atoms with Crippen LogP contribution in [0.1, 0.15) is 29.4 Å². The molecule has 0 amide bonds. The Kier molecular flexibility index (Phi) is 5.84. The van der Waals surface area contributed by atoms with Crippen molar-refractivity contribution < 1.29 is 9.53 Å². The molecule has 5 heteroatoms. The van der Waals surface area contributed by atoms with E-state index < -0.39 is 0 Å². The molecule has 144 valence electrons. The SMILES string of the molecule is C=CC1CCC(C(OC(=O)Cc2cccs2)c2ccnc3ccccc23)NC1. The maximum Gasteiger partial charge on any atom is 0.311 e. The predicted octanol–water partition coefficient (Wildman–Crippen LogP) is 4.68. The molecule has 0 saturated carbocycles. The minimum atomic E-state index is -0.342. The number of fused-ring (bicyclic) bond motifs is 1. The van der Waals surface area contributed by atoms with Crippen molar-refractivity contribution in [2.75, 3.05) is 6.54 Å². The summed E-state index contributed by atoms with van der Waals surface area (Å²) in [7, 11) is 0. The smallest absolute Gasteiger partial charge is 0.311 e. The van der Waals surface area contributed by atoms with Gasteiger partial charge in [-0.15, -0.1) is 17.9 Å². The fourth-order valence-corrected chi connectivity index (χ4v) is 4.52. The summed E-state index contributed by atoms with van der Waals surface area (Å²) >= 11 is 1.58. The highest BCUT2D eigenvalue weighted by molar-refractivity contribution is 7.10. The van der Waals surface area contributed by atoms with Gasteiger partial charge in [0.2, 0.25) is 0 Å². The van der Waals surface area contributed by atoms with E-state index in [9.17, 15) is 4.79 Å². The zero-order valence-corrected chi connectivity index (χ0v) is 16.5. The van der Waals surface area contributed by atoms with Crippen LogP contribution < -0.4 is 5.32 Å². The Labute approximate surface area is 169 Å². The molecule has 3 heterocycles. The Morgan fingerprint density at radius 3 is 2.93 bits per heavy atom. The van der Waals surface area contributed by atoms with E-state index in [-0.39, 0.29) is 18.1 Å². The molecule has 1 aromatic carbocycles. The molecule has 0 spiro atoms. The summed E-state index contributed by atoms with van der Waals surface area (Å²) in [5.74, 6) is 0.272. The van der Waals surface area contributed by atoms with E-state index in [0.29, 0.717) is 12.3 Å². The Morgan fingerprint density at radius 1 is 1.29 bits per heavy atom. The summed E-state index contributed by atoms with van der Waals surface area (Å²) in [6.07, 6.45) is 5.74. The van der Waals surface area contributed by atoms with E-state index in [2.05, 4.69) is 16.9 Å². The van der Waals surface area contributed by atoms with Gasteiger partial charge in [0.25, 0.3) is 0 Å². The highest BCUT2D eigenvalue weighted by atomic mass is 32.1. The highest BCUT2D eigenvalue weighted by Crippen LogP contribution is 2.32. The van der Waals surface area contributed by atoms with Gasteiger partial charge in [0.1, 0.15) is 6.10 Å². The van der Waals surface area contributed by atoms with E-state index in [1.165, 1.54) is 0 Å². The van der Waals surface area contributed by atoms with Crippen LogP contribution in [0.15, 0.2) is 66.7 Å². The number of piperidine rings is 1. The molecule has 28 heavy (non-hydrogen) atoms. The minimum absolute atomic E-state index is 0.0780. The van der Waals surface area contributed by atoms with E-state index in [1.807, 2.05) is 53.9 Å². The molecule has 1 aliphatic rings. The number of nitrogens with one attached hydrogen (secondary N) is 1. The van der Waals surface area contributed by atoms with E-state index in [0.717, 1.165) is 40.7 Å². The minimum Gasteiger partial charge on any atom is -0.456 e. The van der Waals surface area contributed by atoms with E-state index >= 15 is 0 Å². The zero-order valence-electron chi connectivity index (χ0n) is 15.7. The van der Waals surface area contributed by atoms with Crippen LogP contribution in [0.4, 0.5) is 0 Å². The van der Waals surface area contributed by atoms with Crippen LogP contribution in [0.3, 0.4) is 0 Å². The third kappa shape index (κ3) is 4.16. The Balaban J connectivity index is 1.63. The van der Waals surface area contributed by atoms with Crippen molar-refractivity contribution in [3.8, 4) is 0 Å². The van der Waals surface area contributed by atoms with Crippen LogP contribution in [0.5, 0.6) is 0 Å². The van der Waals surface area contributed by atoms with Gasteiger partial charge >= 0.3 is 5.97 Å². The Morgan fingerprint density at radius 2 is 2.18 bits per heavy atom. The van der Waals surface area contributed by atoms with Gasteiger partial charge in [-0.1, -0.05) is 30.3 Å². The van der Waals surface area contributed by atoms with Crippen LogP contribution >= 0.6 is 11.3 Å². The lowest BCUT2D eigenvalue weighted by Crippen LogP contribution is -2.43. The molecule has 0 bridgehead atoms. The average Bonchev–Trinajstić information content (AvgIpc) is 3.25. The molecule has 3 aromatic rings. The first kappa shape index (κ1) is 18.8. The number of esters is 1. The Hall–Kier alpha value is -2.50. The van der Waals surface area contributed by atoms with Gasteiger partial charge in [0, 0.05) is 34.6 Å². The quantitative estimate of drug-likeness (QED) is 0.489. The van der Waals surface area contributed by atoms with Gasteiger partial charge in [-0.25, -0.2) is 0 Å². The molecule has 3 atom stereocenters. The summed E-state index contributed by atoms with van der Waals surface area (Å²) in [4.78, 5) is 18.2. The maximum atomic E-state index is 12.7. The number of ether oxygens (including phenoxy) is 1. The second-order valence-electron chi connectivity index (χ2n) is 7.17. The van der Waals surface area contributed by atoms with Crippen LogP contribution in [0, 0.1) is 5.92 Å². The summed E-state index contributed by atoms with van der Waals surface area (Å²) in [5, 5.41) is 6.60. The second kappa shape index (κ2) is 8.67. The number of hydrogen-bond donors (Lipinski definition) is 1. The molecule has 4 nitrogen and oxygen atoms in total. The van der Waals surface area contributed by atoms with Crippen LogP contribution in [0.25, 0.3) is 10.9 Å². The highest BCUT2D eigenvalue weighted by Gasteiger charge is 2.31. The molecule has 0 aliphatic carbocycles. The topological polar surface area (TPSA) is 51.2 Å². The third-order valence-electron chi connectivity index (χ3n) is 5.34. The van der Waals surface area contributed by atoms with Crippen LogP contribution in [-0.4, -0.2) is 23.5 Å². The molecular formula is C23H24N2O2S. The number of para-hydroxylation sites is 1. The predicted molar refractivity (Wildman–Crippen MR) is 113 cm³/mol. The van der Waals surface area contributed by atoms with Gasteiger partial charge in [-0.05, 0) is 42.3 Å². The van der Waals surface area contributed by atoms with Crippen LogP contribution in [-0.2, 0) is 16.0 Å². The largest absolute Gasteiger partial charge is 0.456 e. The number of rotatable bonds is 6. The number of nitrogens with zero attached hydrogens (tertiary/aromatic N) is 1. The average molecular weight is 393 g/mol. The van der Waals surface area contributed by atoms with Crippen molar-refractivity contribution in [1.29, 1.82) is 0 Å². The van der Waals surface area contributed by atoms with Crippen LogP contribution in [0.2, 0.25) is 0 Å². The molecule has 2 aromatic heterocycles. The third-order valence-corrected chi connectivity index (χ3v) is 6.21. The van der Waals surface area contributed by atoms with Crippen molar-refractivity contribution in [3.05, 3.63) is 77.1 Å². The summed E-state index contributed by atoms with van der Waals surface area (Å²) in [6, 6.07) is 14.0. The molecule has 3 unspecified atom stereocenters. The molecular weight excluding hydrogens is 368 g/mol. The molecule has 1 fully saturated rings. The maximum absolute atomic E-state index is 12.7. The van der Waals surface area contributed by atoms with Crippen molar-refractivity contribution in [3.63, 3.8) is 0 Å². The lowest BCUT2D eigenvalue weighted by Gasteiger charge is -2.34. The fraction of sp³-hybridized carbons (Fsp3) is 0.304. The monoisotopic (exact) mass is 392 g/mol. The van der Waals surface area contributed by atoms with Gasteiger partial charge in [-0.3, -0.25) is 9.78 Å². The number of carbonyl (C=O) groups excluding carboxylic acids is 1. The van der Waals surface area contributed by atoms with E-state index in [1.54, 1.807) is 17.5 Å². The second-order valence-corrected chi connectivity index (χ2v) is 8.20. The molecule has 1 aliphatic heterocycles. The zero-order chi connectivity index (χ0) is 19.3.